The van der Waals surface area contributed by atoms with Crippen LogP contribution in [0.2, 0.25) is 0 Å². The van der Waals surface area contributed by atoms with E-state index in [-0.39, 0.29) is 11.4 Å². The van der Waals surface area contributed by atoms with Crippen LogP contribution in [0.3, 0.4) is 0 Å². The lowest BCUT2D eigenvalue weighted by Crippen LogP contribution is -2.53. The molecule has 2 aliphatic heterocycles. The van der Waals surface area contributed by atoms with Crippen molar-refractivity contribution >= 4 is 40.1 Å². The highest BCUT2D eigenvalue weighted by Gasteiger charge is 2.70. The van der Waals surface area contributed by atoms with Crippen LogP contribution in [0, 0.1) is 22.0 Å². The SMILES string of the molecule is O=C1C2C(c3cc4ccccc4o3)NC(C(=O)O)(c3ccccc3)C2C(=O)N1c1cccc([N+](=O)[O-])c1. The van der Waals surface area contributed by atoms with Crippen LogP contribution < -0.4 is 10.2 Å². The van der Waals surface area contributed by atoms with Crippen LogP contribution in [0.15, 0.2) is 89.3 Å². The van der Waals surface area contributed by atoms with E-state index in [1.165, 1.54) is 18.2 Å². The minimum atomic E-state index is -1.95. The number of carboxylic acid groups (broad SMARTS) is 1. The number of fused-ring (bicyclic) bond motifs is 2. The number of para-hydroxylation sites is 1. The fraction of sp³-hybridized carbons (Fsp3) is 0.148. The van der Waals surface area contributed by atoms with Gasteiger partial charge in [-0.05, 0) is 23.8 Å². The first-order chi connectivity index (χ1) is 17.8. The average Bonchev–Trinajstić information content (AvgIpc) is 3.56. The Morgan fingerprint density at radius 2 is 1.70 bits per heavy atom. The molecule has 10 heteroatoms. The Kier molecular flexibility index (Phi) is 4.95. The number of nitrogens with one attached hydrogen (secondary N) is 1. The summed E-state index contributed by atoms with van der Waals surface area (Å²) in [5.41, 5.74) is -1.38. The van der Waals surface area contributed by atoms with E-state index < -0.39 is 46.1 Å². The number of nitro groups is 1. The van der Waals surface area contributed by atoms with Crippen LogP contribution in [0.5, 0.6) is 0 Å². The molecule has 0 saturated carbocycles. The molecule has 10 nitrogen and oxygen atoms in total. The van der Waals surface area contributed by atoms with Crippen LogP contribution >= 0.6 is 0 Å². The zero-order chi connectivity index (χ0) is 25.9. The van der Waals surface area contributed by atoms with Gasteiger partial charge < -0.3 is 9.52 Å². The summed E-state index contributed by atoms with van der Waals surface area (Å²) in [5.74, 6) is -4.90. The largest absolute Gasteiger partial charge is 0.480 e. The summed E-state index contributed by atoms with van der Waals surface area (Å²) in [4.78, 5) is 52.4. The van der Waals surface area contributed by atoms with Gasteiger partial charge in [-0.2, -0.15) is 0 Å². The van der Waals surface area contributed by atoms with Gasteiger partial charge in [0.25, 0.3) is 5.69 Å². The number of anilines is 1. The number of carbonyl (C=O) groups excluding carboxylic acids is 2. The van der Waals surface area contributed by atoms with E-state index in [4.69, 9.17) is 4.42 Å². The monoisotopic (exact) mass is 497 g/mol. The van der Waals surface area contributed by atoms with Gasteiger partial charge in [-0.15, -0.1) is 0 Å². The van der Waals surface area contributed by atoms with E-state index in [1.807, 2.05) is 12.1 Å². The number of hydrogen-bond donors (Lipinski definition) is 2. The number of nitro benzene ring substituents is 1. The molecule has 0 bridgehead atoms. The summed E-state index contributed by atoms with van der Waals surface area (Å²) in [6.07, 6.45) is 0. The molecule has 6 rings (SSSR count). The second-order valence-corrected chi connectivity index (χ2v) is 9.08. The summed E-state index contributed by atoms with van der Waals surface area (Å²) in [5, 5.41) is 25.8. The molecule has 2 saturated heterocycles. The zero-order valence-electron chi connectivity index (χ0n) is 19.1. The van der Waals surface area contributed by atoms with Crippen molar-refractivity contribution in [1.29, 1.82) is 0 Å². The number of nitrogens with zero attached hydrogens (tertiary/aromatic N) is 2. The first-order valence-corrected chi connectivity index (χ1v) is 11.5. The van der Waals surface area contributed by atoms with Gasteiger partial charge in [-0.3, -0.25) is 25.0 Å². The fourth-order valence-electron chi connectivity index (χ4n) is 5.59. The highest BCUT2D eigenvalue weighted by Crippen LogP contribution is 2.54. The number of rotatable bonds is 5. The van der Waals surface area contributed by atoms with Crippen molar-refractivity contribution in [1.82, 2.24) is 5.32 Å². The first-order valence-electron chi connectivity index (χ1n) is 11.5. The van der Waals surface area contributed by atoms with Crippen LogP contribution in [-0.4, -0.2) is 27.8 Å². The lowest BCUT2D eigenvalue weighted by Gasteiger charge is -2.31. The summed E-state index contributed by atoms with van der Waals surface area (Å²) >= 11 is 0. The van der Waals surface area contributed by atoms with E-state index in [0.29, 0.717) is 16.9 Å². The quantitative estimate of drug-likeness (QED) is 0.241. The third-order valence-electron chi connectivity index (χ3n) is 7.18. The van der Waals surface area contributed by atoms with Crippen molar-refractivity contribution in [3.8, 4) is 0 Å². The molecule has 4 atom stereocenters. The molecule has 4 unspecified atom stereocenters. The third kappa shape index (κ3) is 3.19. The smallest absolute Gasteiger partial charge is 0.329 e. The summed E-state index contributed by atoms with van der Waals surface area (Å²) in [6, 6.07) is 21.4. The molecular formula is C27H19N3O7. The fourth-order valence-corrected chi connectivity index (χ4v) is 5.59. The van der Waals surface area contributed by atoms with Crippen LogP contribution in [0.4, 0.5) is 11.4 Å². The average molecular weight is 497 g/mol. The summed E-state index contributed by atoms with van der Waals surface area (Å²) < 4.78 is 6.02. The number of amides is 2. The maximum absolute atomic E-state index is 13.9. The first kappa shape index (κ1) is 22.6. The highest BCUT2D eigenvalue weighted by molar-refractivity contribution is 6.24. The minimum Gasteiger partial charge on any atom is -0.480 e. The van der Waals surface area contributed by atoms with Gasteiger partial charge >= 0.3 is 5.97 Å². The maximum Gasteiger partial charge on any atom is 0.329 e. The highest BCUT2D eigenvalue weighted by atomic mass is 16.6. The number of aliphatic carboxylic acids is 1. The Morgan fingerprint density at radius 1 is 0.973 bits per heavy atom. The zero-order valence-corrected chi connectivity index (χ0v) is 19.1. The molecule has 1 aromatic heterocycles. The Balaban J connectivity index is 1.55. The Labute approximate surface area is 209 Å². The van der Waals surface area contributed by atoms with Crippen LogP contribution in [-0.2, 0) is 19.9 Å². The van der Waals surface area contributed by atoms with Crippen LogP contribution in [0.25, 0.3) is 11.0 Å². The van der Waals surface area contributed by atoms with Crippen molar-refractivity contribution in [2.45, 2.75) is 11.6 Å². The third-order valence-corrected chi connectivity index (χ3v) is 7.18. The normalized spacial score (nSPS) is 25.0. The number of furan rings is 1. The summed E-state index contributed by atoms with van der Waals surface area (Å²) in [6.45, 7) is 0. The molecule has 2 amide bonds. The van der Waals surface area contributed by atoms with Gasteiger partial charge in [0.1, 0.15) is 11.3 Å². The van der Waals surface area contributed by atoms with E-state index in [1.54, 1.807) is 48.5 Å². The van der Waals surface area contributed by atoms with Crippen molar-refractivity contribution in [2.24, 2.45) is 11.8 Å². The molecule has 2 fully saturated rings. The minimum absolute atomic E-state index is 0.00862. The van der Waals surface area contributed by atoms with E-state index in [2.05, 4.69) is 5.32 Å². The van der Waals surface area contributed by atoms with E-state index in [0.717, 1.165) is 16.4 Å². The molecular weight excluding hydrogens is 478 g/mol. The van der Waals surface area contributed by atoms with Crippen molar-refractivity contribution in [3.63, 3.8) is 0 Å². The predicted molar refractivity (Wildman–Crippen MR) is 130 cm³/mol. The molecule has 184 valence electrons. The van der Waals surface area contributed by atoms with Gasteiger partial charge in [0.05, 0.1) is 28.5 Å². The second kappa shape index (κ2) is 8.10. The number of hydrogen-bond acceptors (Lipinski definition) is 7. The number of non-ortho nitro benzene ring substituents is 1. The number of carboxylic acids is 1. The standard InChI is InChI=1S/C27H19N3O7/c31-24-21-22(25(32)29(24)17-10-6-11-18(14-17)30(35)36)27(26(33)34,16-8-2-1-3-9-16)28-23(21)20-13-15-7-4-5-12-19(15)37-20/h1-14,21-23,28H,(H,33,34). The lowest BCUT2D eigenvalue weighted by molar-refractivity contribution is -0.384. The van der Waals surface area contributed by atoms with Gasteiger partial charge in [0.2, 0.25) is 11.8 Å². The second-order valence-electron chi connectivity index (χ2n) is 9.08. The number of carbonyl (C=O) groups is 3. The predicted octanol–water partition coefficient (Wildman–Crippen LogP) is 3.77. The van der Waals surface area contributed by atoms with Gasteiger partial charge in [-0.1, -0.05) is 54.6 Å². The van der Waals surface area contributed by atoms with E-state index in [9.17, 15) is 29.6 Å². The molecule has 0 aliphatic carbocycles. The molecule has 2 N–H and O–H groups in total. The van der Waals surface area contributed by atoms with Crippen LogP contribution in [0.1, 0.15) is 17.4 Å². The van der Waals surface area contributed by atoms with Gasteiger partial charge in [0.15, 0.2) is 5.54 Å². The molecule has 3 heterocycles. The van der Waals surface area contributed by atoms with Gasteiger partial charge in [-0.25, -0.2) is 9.69 Å². The molecule has 37 heavy (non-hydrogen) atoms. The van der Waals surface area contributed by atoms with Gasteiger partial charge in [0, 0.05) is 17.5 Å². The van der Waals surface area contributed by atoms with Crippen molar-refractivity contribution < 1.29 is 28.8 Å². The molecule has 0 radical (unpaired) electrons. The molecule has 4 aromatic rings. The Hall–Kier alpha value is -4.83. The topological polar surface area (TPSA) is 143 Å². The van der Waals surface area contributed by atoms with E-state index >= 15 is 0 Å². The molecule has 3 aromatic carbocycles. The molecule has 0 spiro atoms. The lowest BCUT2D eigenvalue weighted by atomic mass is 9.75. The molecule has 2 aliphatic rings. The number of imide groups is 1. The Morgan fingerprint density at radius 3 is 2.41 bits per heavy atom. The van der Waals surface area contributed by atoms with Crippen molar-refractivity contribution in [3.05, 3.63) is 106 Å². The summed E-state index contributed by atoms with van der Waals surface area (Å²) in [7, 11) is 0. The van der Waals surface area contributed by atoms with Crippen molar-refractivity contribution in [2.75, 3.05) is 4.90 Å². The maximum atomic E-state index is 13.9. The number of benzene rings is 3. The Bertz CT molecular complexity index is 1560.